The molecule has 0 spiro atoms. The standard InChI is InChI=1S/C13H16N2O3S/c1-7(2)18-12(16)10-8(3)14-13(19)15-11(10)9-5-4-6-17-9/h4-7,11H,1-3H3,(H2,14,15,19). The molecule has 0 amide bonds. The molecule has 0 fully saturated rings. The number of ether oxygens (including phenoxy) is 1. The zero-order valence-corrected chi connectivity index (χ0v) is 11.8. The van der Waals surface area contributed by atoms with Crippen LogP contribution in [0.3, 0.4) is 0 Å². The molecule has 2 heterocycles. The van der Waals surface area contributed by atoms with Crippen LogP contribution in [0.25, 0.3) is 0 Å². The van der Waals surface area contributed by atoms with E-state index in [1.165, 1.54) is 0 Å². The predicted octanol–water partition coefficient (Wildman–Crippen LogP) is 2.02. The molecule has 0 saturated heterocycles. The number of hydrogen-bond donors (Lipinski definition) is 2. The maximum absolute atomic E-state index is 12.2. The molecule has 2 N–H and O–H groups in total. The third-order valence-electron chi connectivity index (χ3n) is 2.66. The summed E-state index contributed by atoms with van der Waals surface area (Å²) < 4.78 is 10.6. The fourth-order valence-electron chi connectivity index (χ4n) is 1.91. The first kappa shape index (κ1) is 13.6. The fourth-order valence-corrected chi connectivity index (χ4v) is 2.18. The first-order valence-corrected chi connectivity index (χ1v) is 6.42. The molecule has 0 aliphatic carbocycles. The fraction of sp³-hybridized carbons (Fsp3) is 0.385. The van der Waals surface area contributed by atoms with E-state index in [1.807, 2.05) is 13.8 Å². The van der Waals surface area contributed by atoms with Gasteiger partial charge in [0.15, 0.2) is 5.11 Å². The third-order valence-corrected chi connectivity index (χ3v) is 2.88. The number of hydrogen-bond acceptors (Lipinski definition) is 4. The Morgan fingerprint density at radius 2 is 2.26 bits per heavy atom. The molecule has 19 heavy (non-hydrogen) atoms. The van der Waals surface area contributed by atoms with Crippen LogP contribution in [0.5, 0.6) is 0 Å². The van der Waals surface area contributed by atoms with Gasteiger partial charge in [0, 0.05) is 5.70 Å². The van der Waals surface area contributed by atoms with E-state index in [9.17, 15) is 4.79 Å². The van der Waals surface area contributed by atoms with Gasteiger partial charge in [-0.2, -0.15) is 0 Å². The van der Waals surface area contributed by atoms with Crippen LogP contribution >= 0.6 is 12.2 Å². The molecule has 1 unspecified atom stereocenters. The van der Waals surface area contributed by atoms with E-state index in [2.05, 4.69) is 10.6 Å². The summed E-state index contributed by atoms with van der Waals surface area (Å²) in [7, 11) is 0. The van der Waals surface area contributed by atoms with Crippen molar-refractivity contribution in [1.82, 2.24) is 10.6 Å². The minimum absolute atomic E-state index is 0.182. The van der Waals surface area contributed by atoms with Crippen molar-refractivity contribution in [1.29, 1.82) is 0 Å². The van der Waals surface area contributed by atoms with Crippen LogP contribution in [0.4, 0.5) is 0 Å². The van der Waals surface area contributed by atoms with Crippen LogP contribution in [0.2, 0.25) is 0 Å². The molecule has 0 saturated carbocycles. The van der Waals surface area contributed by atoms with Gasteiger partial charge in [0.05, 0.1) is 17.9 Å². The van der Waals surface area contributed by atoms with Crippen molar-refractivity contribution >= 4 is 23.3 Å². The van der Waals surface area contributed by atoms with Crippen LogP contribution in [0.1, 0.15) is 32.6 Å². The van der Waals surface area contributed by atoms with Crippen LogP contribution < -0.4 is 10.6 Å². The Morgan fingerprint density at radius 3 is 2.84 bits per heavy atom. The summed E-state index contributed by atoms with van der Waals surface area (Å²) in [6.45, 7) is 5.41. The number of carbonyl (C=O) groups is 1. The third kappa shape index (κ3) is 2.96. The van der Waals surface area contributed by atoms with Gasteiger partial charge in [-0.15, -0.1) is 0 Å². The normalized spacial score (nSPS) is 19.2. The van der Waals surface area contributed by atoms with Crippen LogP contribution in [0.15, 0.2) is 34.1 Å². The number of allylic oxidation sites excluding steroid dienone is 1. The molecule has 0 aromatic carbocycles. The Hall–Kier alpha value is -1.82. The molecule has 1 aliphatic rings. The highest BCUT2D eigenvalue weighted by Crippen LogP contribution is 2.28. The zero-order valence-electron chi connectivity index (χ0n) is 11.0. The Bertz CT molecular complexity index is 520. The molecule has 102 valence electrons. The van der Waals surface area contributed by atoms with Crippen LogP contribution in [-0.4, -0.2) is 17.2 Å². The van der Waals surface area contributed by atoms with Crippen molar-refractivity contribution in [3.63, 3.8) is 0 Å². The van der Waals surface area contributed by atoms with E-state index in [0.29, 0.717) is 22.1 Å². The second-order valence-electron chi connectivity index (χ2n) is 4.54. The highest BCUT2D eigenvalue weighted by Gasteiger charge is 2.32. The summed E-state index contributed by atoms with van der Waals surface area (Å²) in [5.74, 6) is 0.246. The first-order chi connectivity index (χ1) is 8.99. The molecule has 0 bridgehead atoms. The highest BCUT2D eigenvalue weighted by molar-refractivity contribution is 7.80. The van der Waals surface area contributed by atoms with Crippen molar-refractivity contribution in [2.45, 2.75) is 32.9 Å². The average molecular weight is 280 g/mol. The molecule has 5 nitrogen and oxygen atoms in total. The van der Waals surface area contributed by atoms with Gasteiger partial charge in [0.1, 0.15) is 11.8 Å². The van der Waals surface area contributed by atoms with E-state index in [-0.39, 0.29) is 12.1 Å². The lowest BCUT2D eigenvalue weighted by Crippen LogP contribution is -2.45. The predicted molar refractivity (Wildman–Crippen MR) is 74.2 cm³/mol. The van der Waals surface area contributed by atoms with Crippen molar-refractivity contribution in [2.75, 3.05) is 0 Å². The van der Waals surface area contributed by atoms with Crippen molar-refractivity contribution < 1.29 is 13.9 Å². The SMILES string of the molecule is CC1=C(C(=O)OC(C)C)C(c2ccco2)NC(=S)N1. The molecule has 1 aromatic rings. The number of nitrogens with one attached hydrogen (secondary N) is 2. The largest absolute Gasteiger partial charge is 0.467 e. The molecule has 6 heteroatoms. The monoisotopic (exact) mass is 280 g/mol. The Kier molecular flexibility index (Phi) is 3.90. The molecule has 1 aliphatic heterocycles. The summed E-state index contributed by atoms with van der Waals surface area (Å²) in [6.07, 6.45) is 1.38. The average Bonchev–Trinajstić information content (AvgIpc) is 2.79. The minimum atomic E-state index is -0.421. The lowest BCUT2D eigenvalue weighted by Gasteiger charge is -2.28. The summed E-state index contributed by atoms with van der Waals surface area (Å²) in [5, 5.41) is 6.41. The Labute approximate surface area is 117 Å². The topological polar surface area (TPSA) is 63.5 Å². The Balaban J connectivity index is 2.36. The lowest BCUT2D eigenvalue weighted by atomic mass is 10.0. The Morgan fingerprint density at radius 1 is 1.53 bits per heavy atom. The number of carbonyl (C=O) groups excluding carboxylic acids is 1. The van der Waals surface area contributed by atoms with Gasteiger partial charge >= 0.3 is 5.97 Å². The van der Waals surface area contributed by atoms with Gasteiger partial charge in [-0.05, 0) is 45.1 Å². The molecular formula is C13H16N2O3S. The highest BCUT2D eigenvalue weighted by atomic mass is 32.1. The molecule has 1 aromatic heterocycles. The number of furan rings is 1. The smallest absolute Gasteiger partial charge is 0.338 e. The van der Waals surface area contributed by atoms with E-state index in [4.69, 9.17) is 21.4 Å². The number of thiocarbonyl (C=S) groups is 1. The van der Waals surface area contributed by atoms with E-state index < -0.39 is 6.04 Å². The summed E-state index contributed by atoms with van der Waals surface area (Å²) >= 11 is 5.11. The maximum atomic E-state index is 12.2. The van der Waals surface area contributed by atoms with Crippen molar-refractivity contribution in [3.8, 4) is 0 Å². The van der Waals surface area contributed by atoms with E-state index in [0.717, 1.165) is 0 Å². The van der Waals surface area contributed by atoms with Gasteiger partial charge in [-0.25, -0.2) is 4.79 Å². The van der Waals surface area contributed by atoms with E-state index in [1.54, 1.807) is 25.3 Å². The van der Waals surface area contributed by atoms with Gasteiger partial charge in [-0.3, -0.25) is 0 Å². The van der Waals surface area contributed by atoms with Crippen molar-refractivity contribution in [3.05, 3.63) is 35.4 Å². The number of rotatable bonds is 3. The summed E-state index contributed by atoms with van der Waals surface area (Å²) in [6, 6.07) is 3.14. The summed E-state index contributed by atoms with van der Waals surface area (Å²) in [4.78, 5) is 12.2. The molecule has 2 rings (SSSR count). The lowest BCUT2D eigenvalue weighted by molar-refractivity contribution is -0.143. The van der Waals surface area contributed by atoms with Crippen LogP contribution in [0, 0.1) is 0 Å². The first-order valence-electron chi connectivity index (χ1n) is 6.01. The maximum Gasteiger partial charge on any atom is 0.338 e. The second-order valence-corrected chi connectivity index (χ2v) is 4.95. The van der Waals surface area contributed by atoms with Crippen molar-refractivity contribution in [2.24, 2.45) is 0 Å². The van der Waals surface area contributed by atoms with Crippen LogP contribution in [-0.2, 0) is 9.53 Å². The number of esters is 1. The quantitative estimate of drug-likeness (QED) is 0.652. The minimum Gasteiger partial charge on any atom is -0.467 e. The zero-order chi connectivity index (χ0) is 14.0. The van der Waals surface area contributed by atoms with Gasteiger partial charge in [0.25, 0.3) is 0 Å². The second kappa shape index (κ2) is 5.44. The molecule has 1 atom stereocenters. The van der Waals surface area contributed by atoms with E-state index >= 15 is 0 Å². The van der Waals surface area contributed by atoms with Gasteiger partial charge < -0.3 is 19.8 Å². The molecule has 0 radical (unpaired) electrons. The van der Waals surface area contributed by atoms with Gasteiger partial charge in [-0.1, -0.05) is 0 Å². The molecular weight excluding hydrogens is 264 g/mol. The summed E-state index contributed by atoms with van der Waals surface area (Å²) in [5.41, 5.74) is 1.16. The van der Waals surface area contributed by atoms with Gasteiger partial charge in [0.2, 0.25) is 0 Å².